The maximum atomic E-state index is 13.6. The van der Waals surface area contributed by atoms with Gasteiger partial charge in [0, 0.05) is 32.9 Å². The second-order valence-electron chi connectivity index (χ2n) is 7.64. The van der Waals surface area contributed by atoms with Crippen LogP contribution in [0.4, 0.5) is 10.5 Å². The second-order valence-corrected chi connectivity index (χ2v) is 7.64. The van der Waals surface area contributed by atoms with Crippen LogP contribution in [-0.2, 0) is 16.8 Å². The SMILES string of the molecule is CN(C)C(=O)N1CCC2(CC1)C(=O)N(Cc1ccccc1)c1ccccc12. The average Bonchev–Trinajstić information content (AvgIpc) is 2.92. The lowest BCUT2D eigenvalue weighted by Gasteiger charge is -2.39. The molecule has 2 aliphatic heterocycles. The molecule has 2 heterocycles. The number of hydrogen-bond acceptors (Lipinski definition) is 2. The molecule has 0 saturated carbocycles. The van der Waals surface area contributed by atoms with Crippen LogP contribution >= 0.6 is 0 Å². The lowest BCUT2D eigenvalue weighted by Crippen LogP contribution is -2.51. The first-order valence-electron chi connectivity index (χ1n) is 9.44. The molecule has 2 aromatic carbocycles. The van der Waals surface area contributed by atoms with Crippen molar-refractivity contribution in [2.45, 2.75) is 24.8 Å². The van der Waals surface area contributed by atoms with Gasteiger partial charge in [0.25, 0.3) is 0 Å². The number of hydrogen-bond donors (Lipinski definition) is 0. The zero-order chi connectivity index (χ0) is 19.0. The predicted molar refractivity (Wildman–Crippen MR) is 106 cm³/mol. The Bertz CT molecular complexity index is 855. The molecule has 1 saturated heterocycles. The van der Waals surface area contributed by atoms with Gasteiger partial charge in [-0.05, 0) is 30.0 Å². The minimum Gasteiger partial charge on any atom is -0.331 e. The fourth-order valence-electron chi connectivity index (χ4n) is 4.37. The van der Waals surface area contributed by atoms with E-state index in [4.69, 9.17) is 0 Å². The van der Waals surface area contributed by atoms with Crippen LogP contribution < -0.4 is 4.90 Å². The molecule has 4 rings (SSSR count). The van der Waals surface area contributed by atoms with Crippen molar-refractivity contribution in [1.82, 2.24) is 9.80 Å². The number of anilines is 1. The summed E-state index contributed by atoms with van der Waals surface area (Å²) in [6.45, 7) is 1.80. The lowest BCUT2D eigenvalue weighted by atomic mass is 9.73. The molecule has 0 aromatic heterocycles. The van der Waals surface area contributed by atoms with Gasteiger partial charge in [-0.3, -0.25) is 4.79 Å². The molecule has 1 spiro atoms. The Morgan fingerprint density at radius 2 is 1.63 bits per heavy atom. The summed E-state index contributed by atoms with van der Waals surface area (Å²) in [6.07, 6.45) is 1.35. The molecule has 0 radical (unpaired) electrons. The summed E-state index contributed by atoms with van der Waals surface area (Å²) in [5, 5.41) is 0. The molecule has 0 bridgehead atoms. The molecule has 3 amide bonds. The number of amides is 3. The van der Waals surface area contributed by atoms with Crippen LogP contribution in [0.2, 0.25) is 0 Å². The van der Waals surface area contributed by atoms with Crippen molar-refractivity contribution >= 4 is 17.6 Å². The van der Waals surface area contributed by atoms with E-state index in [1.807, 2.05) is 46.2 Å². The molecule has 5 heteroatoms. The van der Waals surface area contributed by atoms with E-state index in [1.54, 1.807) is 19.0 Å². The van der Waals surface area contributed by atoms with Crippen LogP contribution in [0, 0.1) is 0 Å². The van der Waals surface area contributed by atoms with E-state index in [-0.39, 0.29) is 11.9 Å². The summed E-state index contributed by atoms with van der Waals surface area (Å²) in [6, 6.07) is 18.3. The normalized spacial score (nSPS) is 17.9. The van der Waals surface area contributed by atoms with Crippen molar-refractivity contribution in [3.8, 4) is 0 Å². The Morgan fingerprint density at radius 3 is 2.30 bits per heavy atom. The summed E-state index contributed by atoms with van der Waals surface area (Å²) in [5.74, 6) is 0.171. The highest BCUT2D eigenvalue weighted by atomic mass is 16.2. The van der Waals surface area contributed by atoms with E-state index in [0.29, 0.717) is 32.5 Å². The van der Waals surface area contributed by atoms with Gasteiger partial charge in [-0.25, -0.2) is 4.79 Å². The highest BCUT2D eigenvalue weighted by Crippen LogP contribution is 2.48. The molecule has 5 nitrogen and oxygen atoms in total. The number of likely N-dealkylation sites (tertiary alicyclic amines) is 1. The summed E-state index contributed by atoms with van der Waals surface area (Å²) < 4.78 is 0. The van der Waals surface area contributed by atoms with Gasteiger partial charge in [-0.15, -0.1) is 0 Å². The van der Waals surface area contributed by atoms with Crippen molar-refractivity contribution in [3.63, 3.8) is 0 Å². The Kier molecular flexibility index (Phi) is 4.38. The lowest BCUT2D eigenvalue weighted by molar-refractivity contribution is -0.124. The zero-order valence-electron chi connectivity index (χ0n) is 15.9. The number of carbonyl (C=O) groups excluding carboxylic acids is 2. The summed E-state index contributed by atoms with van der Waals surface area (Å²) >= 11 is 0. The molecule has 27 heavy (non-hydrogen) atoms. The summed E-state index contributed by atoms with van der Waals surface area (Å²) in [5.41, 5.74) is 2.74. The highest BCUT2D eigenvalue weighted by molar-refractivity contribution is 6.08. The van der Waals surface area contributed by atoms with Crippen LogP contribution in [0.25, 0.3) is 0 Å². The third-order valence-corrected chi connectivity index (χ3v) is 5.82. The van der Waals surface area contributed by atoms with E-state index >= 15 is 0 Å². The van der Waals surface area contributed by atoms with Crippen LogP contribution in [0.3, 0.4) is 0 Å². The highest BCUT2D eigenvalue weighted by Gasteiger charge is 2.52. The first-order valence-corrected chi connectivity index (χ1v) is 9.44. The molecule has 0 N–H and O–H groups in total. The molecule has 1 fully saturated rings. The molecule has 140 valence electrons. The zero-order valence-corrected chi connectivity index (χ0v) is 15.9. The van der Waals surface area contributed by atoms with E-state index in [1.165, 1.54) is 0 Å². The van der Waals surface area contributed by atoms with E-state index in [0.717, 1.165) is 16.8 Å². The average molecular weight is 363 g/mol. The fraction of sp³-hybridized carbons (Fsp3) is 0.364. The van der Waals surface area contributed by atoms with Gasteiger partial charge in [-0.2, -0.15) is 0 Å². The van der Waals surface area contributed by atoms with Gasteiger partial charge in [0.15, 0.2) is 0 Å². The molecule has 0 unspecified atom stereocenters. The Hall–Kier alpha value is -2.82. The molecule has 2 aliphatic rings. The van der Waals surface area contributed by atoms with Crippen LogP contribution in [0.5, 0.6) is 0 Å². The number of carbonyl (C=O) groups is 2. The number of piperidine rings is 1. The second kappa shape index (κ2) is 6.72. The minimum absolute atomic E-state index is 0.0183. The smallest absolute Gasteiger partial charge is 0.319 e. The van der Waals surface area contributed by atoms with Gasteiger partial charge >= 0.3 is 6.03 Å². The van der Waals surface area contributed by atoms with E-state index in [2.05, 4.69) is 18.2 Å². The fourth-order valence-corrected chi connectivity index (χ4v) is 4.37. The van der Waals surface area contributed by atoms with E-state index < -0.39 is 5.41 Å². The Labute approximate surface area is 160 Å². The molecule has 0 aliphatic carbocycles. The standard InChI is InChI=1S/C22H25N3O2/c1-23(2)21(27)24-14-12-22(13-15-24)18-10-6-7-11-19(18)25(20(22)26)16-17-8-4-3-5-9-17/h3-11H,12-16H2,1-2H3. The third kappa shape index (κ3) is 2.87. The Morgan fingerprint density at radius 1 is 1.00 bits per heavy atom. The number of fused-ring (bicyclic) bond motifs is 2. The van der Waals surface area contributed by atoms with Crippen molar-refractivity contribution in [2.24, 2.45) is 0 Å². The monoisotopic (exact) mass is 363 g/mol. The molecule has 2 aromatic rings. The molecule has 0 atom stereocenters. The van der Waals surface area contributed by atoms with Crippen molar-refractivity contribution in [2.75, 3.05) is 32.1 Å². The first kappa shape index (κ1) is 17.6. The predicted octanol–water partition coefficient (Wildman–Crippen LogP) is 3.25. The largest absolute Gasteiger partial charge is 0.331 e. The van der Waals surface area contributed by atoms with Crippen molar-refractivity contribution in [1.29, 1.82) is 0 Å². The summed E-state index contributed by atoms with van der Waals surface area (Å²) in [7, 11) is 3.54. The maximum absolute atomic E-state index is 13.6. The number of rotatable bonds is 2. The minimum atomic E-state index is -0.505. The van der Waals surface area contributed by atoms with Gasteiger partial charge in [0.05, 0.1) is 12.0 Å². The van der Waals surface area contributed by atoms with Gasteiger partial charge in [0.1, 0.15) is 0 Å². The van der Waals surface area contributed by atoms with Gasteiger partial charge < -0.3 is 14.7 Å². The van der Waals surface area contributed by atoms with Gasteiger partial charge in [-0.1, -0.05) is 48.5 Å². The first-order chi connectivity index (χ1) is 13.0. The number of urea groups is 1. The quantitative estimate of drug-likeness (QED) is 0.822. The van der Waals surface area contributed by atoms with Crippen molar-refractivity contribution in [3.05, 3.63) is 65.7 Å². The Balaban J connectivity index is 1.63. The third-order valence-electron chi connectivity index (χ3n) is 5.82. The number of benzene rings is 2. The number of para-hydroxylation sites is 1. The maximum Gasteiger partial charge on any atom is 0.319 e. The molecular weight excluding hydrogens is 338 g/mol. The summed E-state index contributed by atoms with van der Waals surface area (Å²) in [4.78, 5) is 31.2. The molecular formula is C22H25N3O2. The van der Waals surface area contributed by atoms with Crippen molar-refractivity contribution < 1.29 is 9.59 Å². The van der Waals surface area contributed by atoms with E-state index in [9.17, 15) is 9.59 Å². The van der Waals surface area contributed by atoms with Crippen LogP contribution in [0.1, 0.15) is 24.0 Å². The number of nitrogens with zero attached hydrogens (tertiary/aromatic N) is 3. The topological polar surface area (TPSA) is 43.9 Å². The van der Waals surface area contributed by atoms with Gasteiger partial charge in [0.2, 0.25) is 5.91 Å². The van der Waals surface area contributed by atoms with Crippen LogP contribution in [0.15, 0.2) is 54.6 Å². The van der Waals surface area contributed by atoms with Crippen LogP contribution in [-0.4, -0.2) is 48.9 Å².